The van der Waals surface area contributed by atoms with Gasteiger partial charge in [-0.15, -0.1) is 0 Å². The SMILES string of the molecule is Fc1cc(CON(Cl)Cl)ccc1I. The van der Waals surface area contributed by atoms with Gasteiger partial charge < -0.3 is 0 Å². The van der Waals surface area contributed by atoms with Gasteiger partial charge in [0.25, 0.3) is 0 Å². The molecular weight excluding hydrogens is 331 g/mol. The number of hydrogen-bond donors (Lipinski definition) is 0. The monoisotopic (exact) mass is 335 g/mol. The Morgan fingerprint density at radius 3 is 2.69 bits per heavy atom. The van der Waals surface area contributed by atoms with Crippen molar-refractivity contribution in [3.63, 3.8) is 0 Å². The molecule has 0 heterocycles. The van der Waals surface area contributed by atoms with Crippen LogP contribution in [0.15, 0.2) is 18.2 Å². The molecule has 0 amide bonds. The zero-order valence-corrected chi connectivity index (χ0v) is 9.98. The van der Waals surface area contributed by atoms with Crippen molar-refractivity contribution in [1.82, 2.24) is 4.10 Å². The third kappa shape index (κ3) is 3.95. The predicted molar refractivity (Wildman–Crippen MR) is 57.5 cm³/mol. The van der Waals surface area contributed by atoms with Crippen LogP contribution in [-0.2, 0) is 11.4 Å². The molecule has 0 saturated heterocycles. The Hall–Kier alpha value is 0.380. The van der Waals surface area contributed by atoms with E-state index >= 15 is 0 Å². The topological polar surface area (TPSA) is 12.5 Å². The Kier molecular flexibility index (Phi) is 4.68. The fourth-order valence-corrected chi connectivity index (χ4v) is 1.19. The summed E-state index contributed by atoms with van der Waals surface area (Å²) in [4.78, 5) is 4.72. The average molecular weight is 336 g/mol. The molecule has 0 saturated carbocycles. The van der Waals surface area contributed by atoms with Crippen LogP contribution in [0.1, 0.15) is 5.56 Å². The molecule has 0 atom stereocenters. The van der Waals surface area contributed by atoms with Crippen LogP contribution in [0.4, 0.5) is 4.39 Å². The zero-order valence-electron chi connectivity index (χ0n) is 6.31. The van der Waals surface area contributed by atoms with Gasteiger partial charge in [-0.3, -0.25) is 4.84 Å². The maximum absolute atomic E-state index is 13.0. The van der Waals surface area contributed by atoms with Crippen molar-refractivity contribution < 1.29 is 9.23 Å². The fourth-order valence-electron chi connectivity index (χ4n) is 0.753. The lowest BCUT2D eigenvalue weighted by molar-refractivity contribution is -0.0260. The molecule has 1 aromatic rings. The third-order valence-electron chi connectivity index (χ3n) is 1.31. The Balaban J connectivity index is 2.63. The van der Waals surface area contributed by atoms with E-state index in [2.05, 4.69) is 0 Å². The van der Waals surface area contributed by atoms with E-state index < -0.39 is 0 Å². The first-order valence-corrected chi connectivity index (χ1v) is 5.03. The van der Waals surface area contributed by atoms with E-state index in [0.29, 0.717) is 13.2 Å². The maximum atomic E-state index is 13.0. The van der Waals surface area contributed by atoms with Gasteiger partial charge in [0.15, 0.2) is 0 Å². The lowest BCUT2D eigenvalue weighted by Gasteiger charge is -2.05. The lowest BCUT2D eigenvalue weighted by atomic mass is 10.2. The Morgan fingerprint density at radius 2 is 2.15 bits per heavy atom. The van der Waals surface area contributed by atoms with Crippen LogP contribution in [-0.4, -0.2) is 4.10 Å². The molecule has 72 valence electrons. The van der Waals surface area contributed by atoms with Crippen LogP contribution in [0.2, 0.25) is 0 Å². The van der Waals surface area contributed by atoms with Crippen molar-refractivity contribution >= 4 is 46.1 Å². The van der Waals surface area contributed by atoms with Gasteiger partial charge in [-0.2, -0.15) is 0 Å². The highest BCUT2D eigenvalue weighted by Crippen LogP contribution is 2.14. The molecule has 0 fully saturated rings. The molecule has 1 rings (SSSR count). The van der Waals surface area contributed by atoms with Crippen molar-refractivity contribution in [3.8, 4) is 0 Å². The second kappa shape index (κ2) is 5.31. The van der Waals surface area contributed by atoms with Gasteiger partial charge in [0.2, 0.25) is 0 Å². The number of nitrogens with zero attached hydrogens (tertiary/aromatic N) is 1. The smallest absolute Gasteiger partial charge is 0.136 e. The van der Waals surface area contributed by atoms with Gasteiger partial charge in [-0.25, -0.2) is 4.39 Å². The minimum absolute atomic E-state index is 0.140. The normalized spacial score (nSPS) is 10.8. The first-order valence-electron chi connectivity index (χ1n) is 3.28. The summed E-state index contributed by atoms with van der Waals surface area (Å²) in [5.74, 6) is -0.280. The molecule has 0 unspecified atom stereocenters. The van der Waals surface area contributed by atoms with Gasteiger partial charge in [0.05, 0.1) is 6.61 Å². The summed E-state index contributed by atoms with van der Waals surface area (Å²) in [7, 11) is 0. The maximum Gasteiger partial charge on any atom is 0.136 e. The Morgan fingerprint density at radius 1 is 1.46 bits per heavy atom. The van der Waals surface area contributed by atoms with Crippen molar-refractivity contribution in [2.24, 2.45) is 0 Å². The molecule has 0 aliphatic heterocycles. The summed E-state index contributed by atoms with van der Waals surface area (Å²) in [6, 6.07) is 4.77. The minimum Gasteiger partial charge on any atom is -0.264 e. The van der Waals surface area contributed by atoms with E-state index in [1.54, 1.807) is 12.1 Å². The molecule has 1 aromatic carbocycles. The molecule has 0 radical (unpaired) electrons. The van der Waals surface area contributed by atoms with Crippen LogP contribution in [0.25, 0.3) is 0 Å². The van der Waals surface area contributed by atoms with Crippen molar-refractivity contribution in [2.75, 3.05) is 0 Å². The first kappa shape index (κ1) is 11.5. The predicted octanol–water partition coefficient (Wildman–Crippen LogP) is 3.47. The number of halogens is 4. The summed E-state index contributed by atoms with van der Waals surface area (Å²) in [6.07, 6.45) is 0. The number of rotatable bonds is 3. The van der Waals surface area contributed by atoms with Crippen LogP contribution in [0, 0.1) is 9.39 Å². The standard InChI is InChI=1S/C7H5Cl2FINO/c8-12(9)13-4-5-1-2-7(11)6(10)3-5/h1-3H,4H2. The highest BCUT2D eigenvalue weighted by molar-refractivity contribution is 14.1. The van der Waals surface area contributed by atoms with Crippen LogP contribution < -0.4 is 0 Å². The molecular formula is C7H5Cl2FINO. The summed E-state index contributed by atoms with van der Waals surface area (Å²) >= 11 is 12.3. The Bertz CT molecular complexity index is 298. The number of hydrogen-bond acceptors (Lipinski definition) is 2. The minimum atomic E-state index is -0.280. The van der Waals surface area contributed by atoms with Crippen molar-refractivity contribution in [2.45, 2.75) is 6.61 Å². The Labute approximate surface area is 98.9 Å². The van der Waals surface area contributed by atoms with E-state index in [0.717, 1.165) is 0 Å². The average Bonchev–Trinajstić information content (AvgIpc) is 2.07. The van der Waals surface area contributed by atoms with E-state index in [1.807, 2.05) is 22.6 Å². The third-order valence-corrected chi connectivity index (χ3v) is 2.38. The van der Waals surface area contributed by atoms with Gasteiger partial charge in [-0.1, -0.05) is 6.07 Å². The molecule has 13 heavy (non-hydrogen) atoms. The van der Waals surface area contributed by atoms with Crippen LogP contribution in [0.3, 0.4) is 0 Å². The summed E-state index contributed by atoms with van der Waals surface area (Å²) in [5.41, 5.74) is 0.671. The van der Waals surface area contributed by atoms with E-state index in [1.165, 1.54) is 6.07 Å². The fraction of sp³-hybridized carbons (Fsp3) is 0.143. The highest BCUT2D eigenvalue weighted by Gasteiger charge is 2.02. The number of benzene rings is 1. The van der Waals surface area contributed by atoms with Crippen LogP contribution in [0.5, 0.6) is 0 Å². The van der Waals surface area contributed by atoms with Gasteiger partial charge in [0, 0.05) is 27.1 Å². The first-order chi connectivity index (χ1) is 6.09. The van der Waals surface area contributed by atoms with E-state index in [-0.39, 0.29) is 12.4 Å². The zero-order chi connectivity index (χ0) is 9.84. The van der Waals surface area contributed by atoms with Crippen LogP contribution >= 0.6 is 46.1 Å². The molecule has 0 bridgehead atoms. The van der Waals surface area contributed by atoms with Gasteiger partial charge in [0.1, 0.15) is 5.82 Å². The quantitative estimate of drug-likeness (QED) is 0.476. The second-order valence-corrected chi connectivity index (χ2v) is 4.17. The second-order valence-electron chi connectivity index (χ2n) is 2.22. The lowest BCUT2D eigenvalue weighted by Crippen LogP contribution is -2.00. The summed E-state index contributed by atoms with van der Waals surface area (Å²) in [6.45, 7) is 0.140. The van der Waals surface area contributed by atoms with Gasteiger partial charge in [-0.05, 0) is 44.4 Å². The molecule has 0 N–H and O–H groups in total. The molecule has 0 spiro atoms. The van der Waals surface area contributed by atoms with Crippen molar-refractivity contribution in [3.05, 3.63) is 33.1 Å². The molecule has 2 nitrogen and oxygen atoms in total. The summed E-state index contributed by atoms with van der Waals surface area (Å²) < 4.78 is 14.1. The van der Waals surface area contributed by atoms with E-state index in [9.17, 15) is 4.39 Å². The van der Waals surface area contributed by atoms with Crippen molar-refractivity contribution in [1.29, 1.82) is 0 Å². The highest BCUT2D eigenvalue weighted by atomic mass is 127. The molecule has 0 aliphatic carbocycles. The molecule has 0 aliphatic rings. The largest absolute Gasteiger partial charge is 0.264 e. The summed E-state index contributed by atoms with van der Waals surface area (Å²) in [5, 5.41) is 0. The van der Waals surface area contributed by atoms with Gasteiger partial charge >= 0.3 is 0 Å². The van der Waals surface area contributed by atoms with E-state index in [4.69, 9.17) is 28.4 Å². The molecule has 6 heteroatoms. The molecule has 0 aromatic heterocycles.